The van der Waals surface area contributed by atoms with Crippen LogP contribution in [0.4, 0.5) is 0 Å². The van der Waals surface area contributed by atoms with Gasteiger partial charge in [-0.2, -0.15) is 0 Å². The molecule has 1 unspecified atom stereocenters. The maximum absolute atomic E-state index is 5.87. The molecule has 0 radical (unpaired) electrons. The molecule has 5 atom stereocenters. The van der Waals surface area contributed by atoms with Gasteiger partial charge in [0.1, 0.15) is 0 Å². The highest BCUT2D eigenvalue weighted by Crippen LogP contribution is 2.62. The molecule has 4 aliphatic rings. The quantitative estimate of drug-likeness (QED) is 0.797. The molecular formula is C19H30N2O. The van der Waals surface area contributed by atoms with Crippen LogP contribution in [0, 0.1) is 11.3 Å². The Labute approximate surface area is 135 Å². The van der Waals surface area contributed by atoms with Crippen molar-refractivity contribution in [3.63, 3.8) is 0 Å². The van der Waals surface area contributed by atoms with E-state index in [1.807, 2.05) is 0 Å². The molecule has 0 spiro atoms. The second kappa shape index (κ2) is 5.47. The number of hydrogen-bond acceptors (Lipinski definition) is 3. The van der Waals surface area contributed by atoms with Gasteiger partial charge < -0.3 is 9.64 Å². The Kier molecular flexibility index (Phi) is 3.71. The van der Waals surface area contributed by atoms with Crippen molar-refractivity contribution in [2.75, 3.05) is 32.7 Å². The van der Waals surface area contributed by atoms with Gasteiger partial charge in [0.15, 0.2) is 0 Å². The fourth-order valence-electron chi connectivity index (χ4n) is 5.01. The number of rotatable bonds is 3. The molecule has 0 aromatic carbocycles. The number of nitrogens with zero attached hydrogens (tertiary/aromatic N) is 2. The summed E-state index contributed by atoms with van der Waals surface area (Å²) in [6, 6.07) is 0.579. The van der Waals surface area contributed by atoms with Gasteiger partial charge in [-0.3, -0.25) is 4.90 Å². The van der Waals surface area contributed by atoms with E-state index in [1.165, 1.54) is 32.5 Å². The summed E-state index contributed by atoms with van der Waals surface area (Å²) in [6.45, 7) is 12.6. The lowest BCUT2D eigenvalue weighted by molar-refractivity contribution is -0.0751. The Morgan fingerprint density at radius 1 is 1.23 bits per heavy atom. The normalized spacial score (nSPS) is 45.7. The highest BCUT2D eigenvalue weighted by atomic mass is 16.5. The summed E-state index contributed by atoms with van der Waals surface area (Å²) in [6.07, 6.45) is 10.8. The van der Waals surface area contributed by atoms with Crippen LogP contribution in [-0.2, 0) is 4.74 Å². The van der Waals surface area contributed by atoms with E-state index in [4.69, 9.17) is 4.74 Å². The second-order valence-electron chi connectivity index (χ2n) is 7.92. The van der Waals surface area contributed by atoms with Crippen molar-refractivity contribution < 1.29 is 4.74 Å². The van der Waals surface area contributed by atoms with E-state index in [0.29, 0.717) is 23.7 Å². The Bertz CT molecular complexity index is 490. The van der Waals surface area contributed by atoms with Gasteiger partial charge in [-0.25, -0.2) is 0 Å². The van der Waals surface area contributed by atoms with Crippen molar-refractivity contribution >= 4 is 0 Å². The van der Waals surface area contributed by atoms with Crippen molar-refractivity contribution in [2.45, 2.75) is 51.9 Å². The van der Waals surface area contributed by atoms with Crippen LogP contribution < -0.4 is 0 Å². The molecule has 0 N–H and O–H groups in total. The van der Waals surface area contributed by atoms with Crippen LogP contribution in [0.3, 0.4) is 0 Å². The minimum absolute atomic E-state index is 0.363. The van der Waals surface area contributed by atoms with E-state index in [9.17, 15) is 0 Å². The molecule has 3 fully saturated rings. The minimum Gasteiger partial charge on any atom is -0.373 e. The Morgan fingerprint density at radius 3 is 2.59 bits per heavy atom. The molecule has 2 aliphatic heterocycles. The third-order valence-electron chi connectivity index (χ3n) is 6.23. The third-order valence-corrected chi connectivity index (χ3v) is 6.23. The first kappa shape index (κ1) is 14.9. The summed E-state index contributed by atoms with van der Waals surface area (Å²) < 4.78 is 5.87. The van der Waals surface area contributed by atoms with E-state index in [1.54, 1.807) is 5.57 Å². The third kappa shape index (κ3) is 2.47. The van der Waals surface area contributed by atoms with Gasteiger partial charge in [0.05, 0.1) is 12.2 Å². The highest BCUT2D eigenvalue weighted by Gasteiger charge is 2.60. The highest BCUT2D eigenvalue weighted by molar-refractivity contribution is 5.40. The number of likely N-dealkylation sites (tertiary alicyclic amines) is 1. The minimum atomic E-state index is 0.363. The molecular weight excluding hydrogens is 272 g/mol. The van der Waals surface area contributed by atoms with Crippen LogP contribution in [0.1, 0.15) is 33.6 Å². The van der Waals surface area contributed by atoms with Crippen molar-refractivity contribution in [1.82, 2.24) is 9.80 Å². The molecule has 2 saturated heterocycles. The average Bonchev–Trinajstić information content (AvgIpc) is 3.08. The van der Waals surface area contributed by atoms with Gasteiger partial charge in [0.2, 0.25) is 0 Å². The Hall–Kier alpha value is -0.640. The fourth-order valence-corrected chi connectivity index (χ4v) is 5.01. The molecule has 2 aliphatic carbocycles. The van der Waals surface area contributed by atoms with Crippen molar-refractivity contribution in [1.29, 1.82) is 0 Å². The second-order valence-corrected chi connectivity index (χ2v) is 7.92. The molecule has 0 bridgehead atoms. The van der Waals surface area contributed by atoms with Gasteiger partial charge in [-0.05, 0) is 44.7 Å². The van der Waals surface area contributed by atoms with Gasteiger partial charge in [0, 0.05) is 37.6 Å². The van der Waals surface area contributed by atoms with Crippen LogP contribution in [0.25, 0.3) is 0 Å². The smallest absolute Gasteiger partial charge is 0.0678 e. The molecule has 0 aromatic rings. The maximum atomic E-state index is 5.87. The van der Waals surface area contributed by atoms with Crippen LogP contribution in [-0.4, -0.2) is 60.8 Å². The summed E-state index contributed by atoms with van der Waals surface area (Å²) in [5, 5.41) is 0. The molecule has 3 nitrogen and oxygen atoms in total. The van der Waals surface area contributed by atoms with E-state index in [-0.39, 0.29) is 0 Å². The maximum Gasteiger partial charge on any atom is 0.0678 e. The van der Waals surface area contributed by atoms with Crippen LogP contribution in [0.15, 0.2) is 23.8 Å². The van der Waals surface area contributed by atoms with Gasteiger partial charge in [0.25, 0.3) is 0 Å². The van der Waals surface area contributed by atoms with E-state index < -0.39 is 0 Å². The number of morpholine rings is 1. The largest absolute Gasteiger partial charge is 0.373 e. The van der Waals surface area contributed by atoms with Gasteiger partial charge in [-0.1, -0.05) is 25.2 Å². The number of ether oxygens (including phenoxy) is 1. The lowest BCUT2D eigenvalue weighted by Gasteiger charge is -2.40. The Balaban J connectivity index is 1.40. The predicted octanol–water partition coefficient (Wildman–Crippen LogP) is 2.69. The van der Waals surface area contributed by atoms with Crippen molar-refractivity contribution in [3.05, 3.63) is 23.8 Å². The van der Waals surface area contributed by atoms with Crippen LogP contribution >= 0.6 is 0 Å². The zero-order valence-corrected chi connectivity index (χ0v) is 14.3. The SMILES string of the molecule is CCN1C[C@H]2C[C@@]2(C2=CCC(N3C[C@H](C)O[C@@H](C)C3)C=C2)C1. The monoisotopic (exact) mass is 302 g/mol. The topological polar surface area (TPSA) is 15.7 Å². The molecule has 4 rings (SSSR count). The lowest BCUT2D eigenvalue weighted by atomic mass is 9.88. The molecule has 2 heterocycles. The fraction of sp³-hybridized carbons (Fsp3) is 0.789. The zero-order valence-electron chi connectivity index (χ0n) is 14.3. The first-order valence-electron chi connectivity index (χ1n) is 9.11. The predicted molar refractivity (Wildman–Crippen MR) is 89.9 cm³/mol. The van der Waals surface area contributed by atoms with E-state index >= 15 is 0 Å². The van der Waals surface area contributed by atoms with E-state index in [0.717, 1.165) is 19.0 Å². The zero-order chi connectivity index (χ0) is 15.3. The molecule has 22 heavy (non-hydrogen) atoms. The van der Waals surface area contributed by atoms with Gasteiger partial charge >= 0.3 is 0 Å². The molecule has 3 heteroatoms. The summed E-state index contributed by atoms with van der Waals surface area (Å²) in [5.74, 6) is 0.934. The summed E-state index contributed by atoms with van der Waals surface area (Å²) in [5.41, 5.74) is 2.17. The van der Waals surface area contributed by atoms with E-state index in [2.05, 4.69) is 48.8 Å². The standard InChI is InChI=1S/C19H30N2O/c1-4-20-12-17-9-19(17,13-20)16-5-7-18(8-6-16)21-10-14(2)22-15(3)11-21/h5-7,14-15,17-18H,4,8-13H2,1-3H3/t14-,15-,17+,18?,19-/m0/s1. The number of fused-ring (bicyclic) bond motifs is 1. The summed E-state index contributed by atoms with van der Waals surface area (Å²) >= 11 is 0. The van der Waals surface area contributed by atoms with Gasteiger partial charge in [-0.15, -0.1) is 0 Å². The lowest BCUT2D eigenvalue weighted by Crippen LogP contribution is -2.49. The van der Waals surface area contributed by atoms with Crippen molar-refractivity contribution in [3.8, 4) is 0 Å². The summed E-state index contributed by atoms with van der Waals surface area (Å²) in [7, 11) is 0. The van der Waals surface area contributed by atoms with Crippen LogP contribution in [0.2, 0.25) is 0 Å². The molecule has 122 valence electrons. The Morgan fingerprint density at radius 2 is 2.00 bits per heavy atom. The molecule has 1 saturated carbocycles. The van der Waals surface area contributed by atoms with Crippen LogP contribution in [0.5, 0.6) is 0 Å². The number of allylic oxidation sites excluding steroid dienone is 1. The average molecular weight is 302 g/mol. The van der Waals surface area contributed by atoms with Crippen molar-refractivity contribution in [2.24, 2.45) is 11.3 Å². The first-order chi connectivity index (χ1) is 10.6. The number of piperidine rings is 1. The number of hydrogen-bond donors (Lipinski definition) is 0. The summed E-state index contributed by atoms with van der Waals surface area (Å²) in [4.78, 5) is 5.23. The molecule has 0 amide bonds. The first-order valence-corrected chi connectivity index (χ1v) is 9.11. The molecule has 0 aromatic heterocycles.